The Bertz CT molecular complexity index is 2040. The van der Waals surface area contributed by atoms with Crippen molar-refractivity contribution in [3.05, 3.63) is 106 Å². The van der Waals surface area contributed by atoms with Crippen molar-refractivity contribution in [1.82, 2.24) is 0 Å². The molecule has 3 aromatic rings. The zero-order valence-corrected chi connectivity index (χ0v) is 33.3. The van der Waals surface area contributed by atoms with E-state index in [1.54, 1.807) is 24.3 Å². The molecule has 54 heavy (non-hydrogen) atoms. The van der Waals surface area contributed by atoms with Gasteiger partial charge < -0.3 is 40.8 Å². The Balaban J connectivity index is 0.00000497. The average Bonchev–Trinajstić information content (AvgIpc) is 3.25. The molecule has 1 saturated heterocycles. The number of phenolic OH excluding ortho intramolecular Hbond substituents is 1. The minimum Gasteiger partial charge on any atom is -0.748 e. The van der Waals surface area contributed by atoms with Crippen LogP contribution in [-0.4, -0.2) is 58.8 Å². The fraction of sp³-hybridized carbons (Fsp3) is 0.439. The second-order valence-electron chi connectivity index (χ2n) is 14.8. The van der Waals surface area contributed by atoms with E-state index in [4.69, 9.17) is 20.9 Å². The molecule has 7 aliphatic rings. The third-order valence-corrected chi connectivity index (χ3v) is 12.6. The number of aliphatic imine (C=N–C) groups is 1. The molecule has 13 heteroatoms. The summed E-state index contributed by atoms with van der Waals surface area (Å²) in [5, 5.41) is 29.3. The summed E-state index contributed by atoms with van der Waals surface area (Å²) in [6, 6.07) is 19.9. The summed E-state index contributed by atoms with van der Waals surface area (Å²) in [6.07, 6.45) is 4.31. The van der Waals surface area contributed by atoms with Gasteiger partial charge in [-0.3, -0.25) is 0 Å². The summed E-state index contributed by atoms with van der Waals surface area (Å²) in [5.41, 5.74) is 15.2. The standard InChI is InChI=1S/C41H47N3O8S.Na/c42-40(43)44-41(17-2-18-45)31-10-8-27(9-11-31)38-29-20-30(23-36(38)37(53(48,49)50)16-7-25-5-13-33(52-41)14-6-25)39-35-15-12-32(47)21-28(35)4-1-3-26(24-46)19-34(22-29)51-39;/h5-6,8-15,21,23,26,29,34,36-39,45-47H,2-3,7,16-20,22,24H2,(H4,42,43,44)(H,48,49,50);/q;+1/p-1/t26-,29+,34-,36+,37+,38+,39+,41-;/m0./s1. The first-order chi connectivity index (χ1) is 25.5. The number of aliphatic hydroxyl groups is 2. The second kappa shape index (κ2) is 16.8. The van der Waals surface area contributed by atoms with Gasteiger partial charge in [0.05, 0.1) is 21.5 Å². The van der Waals surface area contributed by atoms with E-state index >= 15 is 0 Å². The largest absolute Gasteiger partial charge is 1.00 e. The number of guanidine groups is 1. The molecule has 0 unspecified atom stereocenters. The van der Waals surface area contributed by atoms with E-state index in [0.29, 0.717) is 55.4 Å². The minimum atomic E-state index is -4.81. The van der Waals surface area contributed by atoms with Gasteiger partial charge in [-0.25, -0.2) is 13.4 Å². The van der Waals surface area contributed by atoms with Gasteiger partial charge in [-0.15, -0.1) is 0 Å². The quantitative estimate of drug-likeness (QED) is 0.0612. The fourth-order valence-electron chi connectivity index (χ4n) is 8.93. The molecule has 0 radical (unpaired) electrons. The van der Waals surface area contributed by atoms with Gasteiger partial charge in [0.15, 0.2) is 5.96 Å². The summed E-state index contributed by atoms with van der Waals surface area (Å²) < 4.78 is 53.8. The molecule has 3 aromatic carbocycles. The van der Waals surface area contributed by atoms with Crippen molar-refractivity contribution in [3.8, 4) is 23.3 Å². The smallest absolute Gasteiger partial charge is 0.748 e. The SMILES string of the molecule is NC(N)=N[C@@]1(CCCO)Oc2ccc(cc2)CC[C@@H](S(=O)(=O)[O-])[C@H]2C=C3C[C@H](C[C@@H]4C[C@@H](CO)CC#Cc5cc(O)ccc5[C@@H]3O4)[C@H]2c2ccc1cc2.[Na+]. The molecule has 280 valence electrons. The van der Waals surface area contributed by atoms with Crippen LogP contribution in [0.1, 0.15) is 84.8 Å². The number of rotatable bonds is 6. The molecule has 8 bridgehead atoms. The number of aromatic hydroxyl groups is 1. The molecule has 1 fully saturated rings. The molecule has 0 amide bonds. The third-order valence-electron chi connectivity index (χ3n) is 11.3. The molecular formula is C41H46N3NaO8S. The van der Waals surface area contributed by atoms with Gasteiger partial charge in [-0.2, -0.15) is 0 Å². The maximum atomic E-state index is 13.4. The van der Waals surface area contributed by atoms with E-state index in [2.05, 4.69) is 16.8 Å². The van der Waals surface area contributed by atoms with Crippen LogP contribution in [0.5, 0.6) is 11.5 Å². The number of fused-ring (bicyclic) bond motifs is 7. The summed E-state index contributed by atoms with van der Waals surface area (Å²) in [5.74, 6) is 5.44. The summed E-state index contributed by atoms with van der Waals surface area (Å²) >= 11 is 0. The molecule has 10 rings (SSSR count). The molecule has 11 nitrogen and oxygen atoms in total. The Morgan fingerprint density at radius 3 is 2.48 bits per heavy atom. The van der Waals surface area contributed by atoms with Crippen LogP contribution >= 0.6 is 0 Å². The number of hydrogen-bond donors (Lipinski definition) is 5. The Labute approximate surface area is 338 Å². The Morgan fingerprint density at radius 2 is 1.80 bits per heavy atom. The Morgan fingerprint density at radius 1 is 1.04 bits per heavy atom. The van der Waals surface area contributed by atoms with Crippen LogP contribution in [0, 0.1) is 29.6 Å². The average molecular weight is 764 g/mol. The minimum absolute atomic E-state index is 0. The first-order valence-electron chi connectivity index (χ1n) is 18.3. The van der Waals surface area contributed by atoms with Gasteiger partial charge in [0.2, 0.25) is 5.72 Å². The number of nitrogens with zero attached hydrogens (tertiary/aromatic N) is 1. The van der Waals surface area contributed by atoms with E-state index in [1.165, 1.54) is 0 Å². The molecule has 6 heterocycles. The van der Waals surface area contributed by atoms with Gasteiger partial charge in [0.1, 0.15) is 17.6 Å². The molecule has 1 aliphatic carbocycles. The van der Waals surface area contributed by atoms with E-state index in [9.17, 15) is 28.3 Å². The van der Waals surface area contributed by atoms with Crippen molar-refractivity contribution in [3.63, 3.8) is 0 Å². The number of hydrogen-bond acceptors (Lipinski definition) is 9. The van der Waals surface area contributed by atoms with Crippen LogP contribution < -0.4 is 45.8 Å². The van der Waals surface area contributed by atoms with Gasteiger partial charge in [0, 0.05) is 42.7 Å². The van der Waals surface area contributed by atoms with Gasteiger partial charge in [0.25, 0.3) is 0 Å². The van der Waals surface area contributed by atoms with Crippen molar-refractivity contribution in [2.45, 2.75) is 80.5 Å². The summed E-state index contributed by atoms with van der Waals surface area (Å²) in [7, 11) is -4.81. The van der Waals surface area contributed by atoms with Crippen LogP contribution in [0.25, 0.3) is 0 Å². The number of nitrogens with two attached hydrogens (primary N) is 2. The van der Waals surface area contributed by atoms with Gasteiger partial charge >= 0.3 is 29.6 Å². The van der Waals surface area contributed by atoms with E-state index < -0.39 is 33.1 Å². The predicted octanol–water partition coefficient (Wildman–Crippen LogP) is 1.46. The van der Waals surface area contributed by atoms with Crippen molar-refractivity contribution >= 4 is 16.1 Å². The molecule has 7 N–H and O–H groups in total. The monoisotopic (exact) mass is 763 g/mol. The first-order valence-corrected chi connectivity index (χ1v) is 19.8. The Hall–Kier alpha value is -3.38. The van der Waals surface area contributed by atoms with E-state index in [1.807, 2.05) is 48.5 Å². The van der Waals surface area contributed by atoms with Crippen LogP contribution in [0.2, 0.25) is 0 Å². The zero-order valence-electron chi connectivity index (χ0n) is 30.4. The number of benzene rings is 3. The van der Waals surface area contributed by atoms with Gasteiger partial charge in [-0.1, -0.05) is 60.4 Å². The van der Waals surface area contributed by atoms with Crippen LogP contribution in [0.15, 0.2) is 83.4 Å². The number of phenols is 1. The van der Waals surface area contributed by atoms with Crippen LogP contribution in [0.3, 0.4) is 0 Å². The van der Waals surface area contributed by atoms with E-state index in [-0.39, 0.29) is 91.2 Å². The number of ether oxygens (including phenoxy) is 2. The maximum absolute atomic E-state index is 13.4. The number of allylic oxidation sites excluding steroid dienone is 1. The molecule has 0 saturated carbocycles. The summed E-state index contributed by atoms with van der Waals surface area (Å²) in [6.45, 7) is -0.174. The zero-order chi connectivity index (χ0) is 37.3. The normalized spacial score (nSPS) is 28.8. The number of aliphatic hydroxyl groups excluding tert-OH is 2. The second-order valence-corrected chi connectivity index (χ2v) is 16.4. The maximum Gasteiger partial charge on any atom is 1.00 e. The van der Waals surface area contributed by atoms with Crippen molar-refractivity contribution < 1.29 is 67.3 Å². The molecular weight excluding hydrogens is 718 g/mol. The topological polar surface area (TPSA) is 201 Å². The molecule has 8 atom stereocenters. The first kappa shape index (κ1) is 40.3. The Kier molecular flexibility index (Phi) is 12.5. The molecule has 0 spiro atoms. The fourth-order valence-corrected chi connectivity index (χ4v) is 9.97. The molecule has 0 aromatic heterocycles. The van der Waals surface area contributed by atoms with Crippen molar-refractivity contribution in [1.29, 1.82) is 0 Å². The molecule has 6 aliphatic heterocycles. The van der Waals surface area contributed by atoms with Crippen molar-refractivity contribution in [2.24, 2.45) is 34.2 Å². The third kappa shape index (κ3) is 8.54. The number of aryl methyl sites for hydroxylation is 1. The van der Waals surface area contributed by atoms with Crippen LogP contribution in [0.4, 0.5) is 0 Å². The summed E-state index contributed by atoms with van der Waals surface area (Å²) in [4.78, 5) is 4.58. The van der Waals surface area contributed by atoms with Gasteiger partial charge in [-0.05, 0) is 103 Å². The van der Waals surface area contributed by atoms with Crippen molar-refractivity contribution in [2.75, 3.05) is 13.2 Å². The predicted molar refractivity (Wildman–Crippen MR) is 199 cm³/mol. The van der Waals surface area contributed by atoms with Crippen LogP contribution in [-0.2, 0) is 27.0 Å². The van der Waals surface area contributed by atoms with E-state index in [0.717, 1.165) is 22.3 Å².